The third-order valence-corrected chi connectivity index (χ3v) is 2.72. The first-order chi connectivity index (χ1) is 7.60. The van der Waals surface area contributed by atoms with Gasteiger partial charge in [-0.3, -0.25) is 4.99 Å². The Bertz CT molecular complexity index is 515. The Balaban J connectivity index is 3.31. The summed E-state index contributed by atoms with van der Waals surface area (Å²) < 4.78 is 0. The van der Waals surface area contributed by atoms with E-state index in [1.54, 1.807) is 0 Å². The summed E-state index contributed by atoms with van der Waals surface area (Å²) in [6.45, 7) is 12.2. The molecule has 0 fully saturated rings. The van der Waals surface area contributed by atoms with Crippen LogP contribution in [0.2, 0.25) is 0 Å². The fraction of sp³-hybridized carbons (Fsp3) is 0.357. The van der Waals surface area contributed by atoms with Gasteiger partial charge in [0.1, 0.15) is 0 Å². The van der Waals surface area contributed by atoms with Crippen molar-refractivity contribution in [3.05, 3.63) is 34.6 Å². The lowest BCUT2D eigenvalue weighted by molar-refractivity contribution is 1.22. The van der Waals surface area contributed by atoms with Crippen molar-refractivity contribution < 1.29 is 0 Å². The van der Waals surface area contributed by atoms with Crippen LogP contribution in [0.3, 0.4) is 0 Å². The molecule has 1 heterocycles. The van der Waals surface area contributed by atoms with E-state index in [1.165, 1.54) is 5.57 Å². The van der Waals surface area contributed by atoms with E-state index in [-0.39, 0.29) is 0 Å². The lowest BCUT2D eigenvalue weighted by atomic mass is 10.1. The molecule has 1 aromatic rings. The molecule has 0 aliphatic carbocycles. The second-order valence-electron chi connectivity index (χ2n) is 3.87. The molecule has 0 aliphatic rings. The normalized spacial score (nSPS) is 15.2. The van der Waals surface area contributed by atoms with Gasteiger partial charge in [-0.1, -0.05) is 19.6 Å². The summed E-state index contributed by atoms with van der Waals surface area (Å²) in [5.41, 5.74) is 3.35. The van der Waals surface area contributed by atoms with Crippen LogP contribution in [0.5, 0.6) is 0 Å². The third kappa shape index (κ3) is 2.72. The topological polar surface area (TPSA) is 28.1 Å². The lowest BCUT2D eigenvalue weighted by Gasteiger charge is -2.03. The molecule has 0 spiro atoms. The van der Waals surface area contributed by atoms with Crippen LogP contribution < -0.4 is 10.6 Å². The van der Waals surface area contributed by atoms with Crippen molar-refractivity contribution in [1.82, 2.24) is 4.98 Å². The van der Waals surface area contributed by atoms with Crippen molar-refractivity contribution >= 4 is 17.9 Å². The molecule has 86 valence electrons. The maximum Gasteiger partial charge on any atom is 0.0622 e. The first kappa shape index (κ1) is 12.5. The summed E-state index contributed by atoms with van der Waals surface area (Å²) in [5.74, 6) is 0. The quantitative estimate of drug-likeness (QED) is 0.751. The summed E-state index contributed by atoms with van der Waals surface area (Å²) in [6, 6.07) is 2.04. The Hall–Kier alpha value is -1.57. The van der Waals surface area contributed by atoms with Gasteiger partial charge in [0.25, 0.3) is 0 Å². The SMILES string of the molecule is C=c1[nH]cc/c1=C(C)/C(=C\C)N=C(C)CC. The minimum atomic E-state index is 0.946. The van der Waals surface area contributed by atoms with Crippen molar-refractivity contribution in [3.8, 4) is 0 Å². The van der Waals surface area contributed by atoms with E-state index in [9.17, 15) is 0 Å². The fourth-order valence-electron chi connectivity index (χ4n) is 1.54. The minimum absolute atomic E-state index is 0.946. The van der Waals surface area contributed by atoms with E-state index in [0.29, 0.717) is 0 Å². The highest BCUT2D eigenvalue weighted by atomic mass is 14.8. The van der Waals surface area contributed by atoms with E-state index in [2.05, 4.69) is 37.3 Å². The first-order valence-corrected chi connectivity index (χ1v) is 5.64. The molecule has 2 nitrogen and oxygen atoms in total. The zero-order valence-electron chi connectivity index (χ0n) is 10.6. The number of hydrogen-bond donors (Lipinski definition) is 1. The Morgan fingerprint density at radius 3 is 2.62 bits per heavy atom. The highest BCUT2D eigenvalue weighted by Crippen LogP contribution is 2.10. The Morgan fingerprint density at radius 1 is 1.50 bits per heavy atom. The van der Waals surface area contributed by atoms with Crippen LogP contribution >= 0.6 is 0 Å². The van der Waals surface area contributed by atoms with E-state index in [4.69, 9.17) is 0 Å². The number of aliphatic imine (C=N–C) groups is 1. The van der Waals surface area contributed by atoms with Crippen LogP contribution in [0.25, 0.3) is 12.2 Å². The van der Waals surface area contributed by atoms with E-state index < -0.39 is 0 Å². The Labute approximate surface area is 97.1 Å². The van der Waals surface area contributed by atoms with Gasteiger partial charge in [0.2, 0.25) is 0 Å². The standard InChI is InChI=1S/C14H20N2/c1-6-10(3)16-14(7-2)11(4)13-8-9-15-12(13)5/h7-9,15H,5-6H2,1-4H3/b13-11-,14-7+,16-10?. The number of aromatic amines is 1. The minimum Gasteiger partial charge on any atom is -0.362 e. The molecule has 0 amide bonds. The molecule has 2 heteroatoms. The molecule has 0 aliphatic heterocycles. The predicted octanol–water partition coefficient (Wildman–Crippen LogP) is 2.37. The summed E-state index contributed by atoms with van der Waals surface area (Å²) >= 11 is 0. The Kier molecular flexibility index (Phi) is 4.29. The van der Waals surface area contributed by atoms with Crippen LogP contribution in [0.1, 0.15) is 34.1 Å². The van der Waals surface area contributed by atoms with Crippen molar-refractivity contribution in [1.29, 1.82) is 0 Å². The predicted molar refractivity (Wildman–Crippen MR) is 71.8 cm³/mol. The van der Waals surface area contributed by atoms with Gasteiger partial charge in [-0.2, -0.15) is 0 Å². The van der Waals surface area contributed by atoms with Crippen LogP contribution in [0, 0.1) is 0 Å². The number of rotatable bonds is 3. The molecular weight excluding hydrogens is 196 g/mol. The zero-order chi connectivity index (χ0) is 12.1. The monoisotopic (exact) mass is 216 g/mol. The van der Waals surface area contributed by atoms with E-state index in [0.717, 1.165) is 28.4 Å². The van der Waals surface area contributed by atoms with Crippen molar-refractivity contribution in [2.24, 2.45) is 4.99 Å². The molecule has 0 unspecified atom stereocenters. The van der Waals surface area contributed by atoms with Crippen LogP contribution in [0.4, 0.5) is 0 Å². The molecule has 0 aromatic carbocycles. The van der Waals surface area contributed by atoms with Gasteiger partial charge in [-0.15, -0.1) is 0 Å². The Morgan fingerprint density at radius 2 is 2.19 bits per heavy atom. The second-order valence-corrected chi connectivity index (χ2v) is 3.87. The van der Waals surface area contributed by atoms with Crippen molar-refractivity contribution in [2.75, 3.05) is 0 Å². The zero-order valence-corrected chi connectivity index (χ0v) is 10.6. The largest absolute Gasteiger partial charge is 0.362 e. The summed E-state index contributed by atoms with van der Waals surface area (Å²) in [7, 11) is 0. The van der Waals surface area contributed by atoms with Gasteiger partial charge in [-0.25, -0.2) is 0 Å². The smallest absolute Gasteiger partial charge is 0.0622 e. The summed E-state index contributed by atoms with van der Waals surface area (Å²) in [5, 5.41) is 2.09. The van der Waals surface area contributed by atoms with Gasteiger partial charge < -0.3 is 4.98 Å². The summed E-state index contributed by atoms with van der Waals surface area (Å²) in [6.07, 6.45) is 4.93. The number of nitrogens with one attached hydrogen (secondary N) is 1. The number of aromatic nitrogens is 1. The molecule has 1 aromatic heterocycles. The molecule has 0 atom stereocenters. The average Bonchev–Trinajstić information content (AvgIpc) is 2.71. The fourth-order valence-corrected chi connectivity index (χ4v) is 1.54. The molecule has 0 saturated heterocycles. The maximum atomic E-state index is 4.61. The van der Waals surface area contributed by atoms with Gasteiger partial charge in [0.15, 0.2) is 0 Å². The first-order valence-electron chi connectivity index (χ1n) is 5.64. The summed E-state index contributed by atoms with van der Waals surface area (Å²) in [4.78, 5) is 7.70. The lowest BCUT2D eigenvalue weighted by Crippen LogP contribution is -2.22. The average molecular weight is 216 g/mol. The molecule has 0 radical (unpaired) electrons. The highest BCUT2D eigenvalue weighted by molar-refractivity contribution is 5.84. The van der Waals surface area contributed by atoms with Crippen LogP contribution in [0.15, 0.2) is 29.0 Å². The van der Waals surface area contributed by atoms with Crippen molar-refractivity contribution in [2.45, 2.75) is 34.1 Å². The molecule has 0 saturated carbocycles. The van der Waals surface area contributed by atoms with E-state index >= 15 is 0 Å². The van der Waals surface area contributed by atoms with E-state index in [1.807, 2.05) is 25.3 Å². The maximum absolute atomic E-state index is 4.61. The number of allylic oxidation sites excluding steroid dienone is 2. The van der Waals surface area contributed by atoms with Gasteiger partial charge in [-0.05, 0) is 38.8 Å². The number of nitrogens with zero attached hydrogens (tertiary/aromatic N) is 1. The molecular formula is C14H20N2. The molecule has 1 N–H and O–H groups in total. The second kappa shape index (κ2) is 5.50. The van der Waals surface area contributed by atoms with Crippen molar-refractivity contribution in [3.63, 3.8) is 0 Å². The van der Waals surface area contributed by atoms with Gasteiger partial charge in [0, 0.05) is 22.5 Å². The molecule has 0 bridgehead atoms. The third-order valence-electron chi connectivity index (χ3n) is 2.72. The van der Waals surface area contributed by atoms with Gasteiger partial charge in [0.05, 0.1) is 5.70 Å². The van der Waals surface area contributed by atoms with Crippen LogP contribution in [-0.2, 0) is 0 Å². The van der Waals surface area contributed by atoms with Gasteiger partial charge >= 0.3 is 0 Å². The number of hydrogen-bond acceptors (Lipinski definition) is 1. The number of H-pyrrole nitrogens is 1. The molecule has 16 heavy (non-hydrogen) atoms. The molecule has 1 rings (SSSR count). The van der Waals surface area contributed by atoms with Crippen LogP contribution in [-0.4, -0.2) is 10.7 Å². The highest BCUT2D eigenvalue weighted by Gasteiger charge is 2.00.